The summed E-state index contributed by atoms with van der Waals surface area (Å²) in [6.07, 6.45) is 7.07. The van der Waals surface area contributed by atoms with E-state index in [4.69, 9.17) is 0 Å². The van der Waals surface area contributed by atoms with Crippen molar-refractivity contribution in [2.24, 2.45) is 7.05 Å². The molecule has 0 bridgehead atoms. The van der Waals surface area contributed by atoms with Gasteiger partial charge in [-0.15, -0.1) is 10.2 Å². The number of carbonyl (C=O) groups is 1. The van der Waals surface area contributed by atoms with Crippen molar-refractivity contribution in [1.82, 2.24) is 29.9 Å². The Bertz CT molecular complexity index is 977. The van der Waals surface area contributed by atoms with Gasteiger partial charge in [-0.25, -0.2) is 0 Å². The minimum absolute atomic E-state index is 0.0124. The van der Waals surface area contributed by atoms with Gasteiger partial charge >= 0.3 is 0 Å². The van der Waals surface area contributed by atoms with Crippen molar-refractivity contribution >= 4 is 5.91 Å². The van der Waals surface area contributed by atoms with Crippen LogP contribution in [0.4, 0.5) is 0 Å². The van der Waals surface area contributed by atoms with Gasteiger partial charge in [0.25, 0.3) is 0 Å². The number of aromatic hydroxyl groups is 1. The SMILES string of the molecule is Cn1cc(-c2nnc3n2CCC(NC(=O)CCc2ccccc2O)CC3)cn1. The largest absolute Gasteiger partial charge is 0.508 e. The second-order valence-electron chi connectivity index (χ2n) is 7.21. The van der Waals surface area contributed by atoms with Crippen LogP contribution in [0.5, 0.6) is 5.75 Å². The summed E-state index contributed by atoms with van der Waals surface area (Å²) in [5.74, 6) is 2.03. The van der Waals surface area contributed by atoms with E-state index >= 15 is 0 Å². The fourth-order valence-corrected chi connectivity index (χ4v) is 3.65. The van der Waals surface area contributed by atoms with E-state index in [1.165, 1.54) is 0 Å². The van der Waals surface area contributed by atoms with Crippen molar-refractivity contribution in [1.29, 1.82) is 0 Å². The van der Waals surface area contributed by atoms with Gasteiger partial charge in [0, 0.05) is 38.7 Å². The molecule has 1 amide bonds. The summed E-state index contributed by atoms with van der Waals surface area (Å²) in [5, 5.41) is 25.8. The molecule has 0 saturated heterocycles. The van der Waals surface area contributed by atoms with E-state index in [-0.39, 0.29) is 17.7 Å². The first-order chi connectivity index (χ1) is 13.6. The van der Waals surface area contributed by atoms with Crippen molar-refractivity contribution < 1.29 is 9.90 Å². The van der Waals surface area contributed by atoms with Gasteiger partial charge in [0.1, 0.15) is 11.6 Å². The lowest BCUT2D eigenvalue weighted by atomic mass is 10.1. The number of amides is 1. The molecule has 8 nitrogen and oxygen atoms in total. The normalized spacial score (nSPS) is 16.4. The Morgan fingerprint density at radius 3 is 2.93 bits per heavy atom. The fraction of sp³-hybridized carbons (Fsp3) is 0.400. The zero-order valence-corrected chi connectivity index (χ0v) is 15.9. The number of benzene rings is 1. The van der Waals surface area contributed by atoms with Gasteiger partial charge in [0.05, 0.1) is 11.8 Å². The van der Waals surface area contributed by atoms with E-state index in [0.717, 1.165) is 48.6 Å². The first kappa shape index (κ1) is 18.2. The highest BCUT2D eigenvalue weighted by molar-refractivity contribution is 5.76. The summed E-state index contributed by atoms with van der Waals surface area (Å²) in [4.78, 5) is 12.4. The number of phenols is 1. The van der Waals surface area contributed by atoms with Crippen LogP contribution >= 0.6 is 0 Å². The zero-order valence-electron chi connectivity index (χ0n) is 15.9. The van der Waals surface area contributed by atoms with Crippen molar-refractivity contribution in [3.8, 4) is 17.1 Å². The molecule has 0 aliphatic carbocycles. The van der Waals surface area contributed by atoms with Gasteiger partial charge in [-0.3, -0.25) is 9.48 Å². The van der Waals surface area contributed by atoms with Gasteiger partial charge in [0.2, 0.25) is 5.91 Å². The van der Waals surface area contributed by atoms with E-state index in [1.807, 2.05) is 25.4 Å². The summed E-state index contributed by atoms with van der Waals surface area (Å²) >= 11 is 0. The molecule has 2 aromatic heterocycles. The number of para-hydroxylation sites is 1. The highest BCUT2D eigenvalue weighted by Gasteiger charge is 2.22. The molecular formula is C20H24N6O2. The quantitative estimate of drug-likeness (QED) is 0.704. The number of nitrogens with one attached hydrogen (secondary N) is 1. The Morgan fingerprint density at radius 1 is 1.29 bits per heavy atom. The summed E-state index contributed by atoms with van der Waals surface area (Å²) < 4.78 is 3.88. The number of aromatic nitrogens is 5. The number of rotatable bonds is 5. The first-order valence-corrected chi connectivity index (χ1v) is 9.57. The van der Waals surface area contributed by atoms with Crippen LogP contribution in [-0.2, 0) is 31.2 Å². The van der Waals surface area contributed by atoms with Crippen molar-refractivity contribution in [2.75, 3.05) is 0 Å². The summed E-state index contributed by atoms with van der Waals surface area (Å²) in [6.45, 7) is 0.761. The predicted molar refractivity (Wildman–Crippen MR) is 104 cm³/mol. The van der Waals surface area contributed by atoms with Crippen LogP contribution in [0.15, 0.2) is 36.7 Å². The number of nitrogens with zero attached hydrogens (tertiary/aromatic N) is 5. The molecule has 1 aliphatic heterocycles. The van der Waals surface area contributed by atoms with Crippen LogP contribution in [0.2, 0.25) is 0 Å². The average Bonchev–Trinajstić information content (AvgIpc) is 3.24. The first-order valence-electron chi connectivity index (χ1n) is 9.57. The molecule has 8 heteroatoms. The predicted octanol–water partition coefficient (Wildman–Crippen LogP) is 1.84. The van der Waals surface area contributed by atoms with E-state index in [1.54, 1.807) is 23.0 Å². The maximum Gasteiger partial charge on any atom is 0.220 e. The lowest BCUT2D eigenvalue weighted by Gasteiger charge is -2.16. The second-order valence-corrected chi connectivity index (χ2v) is 7.21. The highest BCUT2D eigenvalue weighted by atomic mass is 16.3. The Morgan fingerprint density at radius 2 is 2.14 bits per heavy atom. The number of carbonyl (C=O) groups excluding carboxylic acids is 1. The van der Waals surface area contributed by atoms with Gasteiger partial charge in [-0.2, -0.15) is 5.10 Å². The molecule has 1 aliphatic rings. The summed E-state index contributed by atoms with van der Waals surface area (Å²) in [6, 6.07) is 7.25. The molecule has 0 saturated carbocycles. The van der Waals surface area contributed by atoms with Crippen molar-refractivity contribution in [2.45, 2.75) is 44.7 Å². The van der Waals surface area contributed by atoms with Gasteiger partial charge in [-0.1, -0.05) is 18.2 Å². The number of phenolic OH excluding ortho intramolecular Hbond substituents is 1. The van der Waals surface area contributed by atoms with Crippen LogP contribution < -0.4 is 5.32 Å². The molecule has 0 fully saturated rings. The van der Waals surface area contributed by atoms with Gasteiger partial charge < -0.3 is 15.0 Å². The van der Waals surface area contributed by atoms with Crippen molar-refractivity contribution in [3.05, 3.63) is 48.0 Å². The van der Waals surface area contributed by atoms with E-state index in [9.17, 15) is 9.90 Å². The molecule has 1 atom stereocenters. The van der Waals surface area contributed by atoms with E-state index in [0.29, 0.717) is 12.8 Å². The van der Waals surface area contributed by atoms with Crippen molar-refractivity contribution in [3.63, 3.8) is 0 Å². The number of hydrogen-bond donors (Lipinski definition) is 2. The van der Waals surface area contributed by atoms with Gasteiger partial charge in [-0.05, 0) is 30.9 Å². The summed E-state index contributed by atoms with van der Waals surface area (Å²) in [5.41, 5.74) is 1.75. The smallest absolute Gasteiger partial charge is 0.220 e. The molecule has 0 radical (unpaired) electrons. The Labute approximate surface area is 163 Å². The summed E-state index contributed by atoms with van der Waals surface area (Å²) in [7, 11) is 1.88. The molecule has 2 N–H and O–H groups in total. The average molecular weight is 380 g/mol. The molecule has 3 heterocycles. The number of hydrogen-bond acceptors (Lipinski definition) is 5. The Kier molecular flexibility index (Phi) is 5.10. The van der Waals surface area contributed by atoms with Crippen LogP contribution in [0.3, 0.4) is 0 Å². The lowest BCUT2D eigenvalue weighted by Crippen LogP contribution is -2.35. The molecule has 4 rings (SSSR count). The van der Waals surface area contributed by atoms with Crippen LogP contribution in [0.25, 0.3) is 11.4 Å². The number of fused-ring (bicyclic) bond motifs is 1. The molecule has 0 spiro atoms. The van der Waals surface area contributed by atoms with Crippen LogP contribution in [-0.4, -0.2) is 41.6 Å². The highest BCUT2D eigenvalue weighted by Crippen LogP contribution is 2.22. The third-order valence-corrected chi connectivity index (χ3v) is 5.19. The standard InChI is InChI=1S/C20H24N6O2/c1-25-13-15(12-21-25)20-24-23-18-8-7-16(10-11-26(18)20)22-19(28)9-6-14-4-2-3-5-17(14)27/h2-5,12-13,16,27H,6-11H2,1H3,(H,22,28). The minimum atomic E-state index is 0.0124. The zero-order chi connectivity index (χ0) is 19.5. The fourth-order valence-electron chi connectivity index (χ4n) is 3.65. The third-order valence-electron chi connectivity index (χ3n) is 5.19. The molecule has 3 aromatic rings. The maximum atomic E-state index is 12.4. The maximum absolute atomic E-state index is 12.4. The third kappa shape index (κ3) is 3.90. The molecular weight excluding hydrogens is 356 g/mol. The minimum Gasteiger partial charge on any atom is -0.508 e. The van der Waals surface area contributed by atoms with E-state index < -0.39 is 0 Å². The van der Waals surface area contributed by atoms with Gasteiger partial charge in [0.15, 0.2) is 5.82 Å². The second kappa shape index (κ2) is 7.84. The van der Waals surface area contributed by atoms with Crippen LogP contribution in [0, 0.1) is 0 Å². The topological polar surface area (TPSA) is 97.9 Å². The molecule has 1 aromatic carbocycles. The monoisotopic (exact) mass is 380 g/mol. The van der Waals surface area contributed by atoms with Crippen LogP contribution in [0.1, 0.15) is 30.7 Å². The Hall–Kier alpha value is -3.16. The molecule has 1 unspecified atom stereocenters. The molecule has 28 heavy (non-hydrogen) atoms. The number of aryl methyl sites for hydroxylation is 3. The molecule has 146 valence electrons. The lowest BCUT2D eigenvalue weighted by molar-refractivity contribution is -0.121. The Balaban J connectivity index is 1.35. The van der Waals surface area contributed by atoms with E-state index in [2.05, 4.69) is 25.2 Å².